The number of carbonyl (C=O) groups excluding carboxylic acids is 1. The number of pyridine rings is 1. The number of nitrogens with zero attached hydrogens (tertiary/aromatic N) is 2. The molecule has 0 fully saturated rings. The van der Waals surface area contributed by atoms with Crippen molar-refractivity contribution in [1.29, 1.82) is 0 Å². The lowest BCUT2D eigenvalue weighted by Gasteiger charge is -2.12. The minimum Gasteiger partial charge on any atom is -0.392 e. The Morgan fingerprint density at radius 2 is 2.26 bits per heavy atom. The van der Waals surface area contributed by atoms with E-state index in [1.165, 1.54) is 0 Å². The summed E-state index contributed by atoms with van der Waals surface area (Å²) in [6.45, 7) is 1.98. The highest BCUT2D eigenvalue weighted by Gasteiger charge is 2.13. The first-order chi connectivity index (χ1) is 11.1. The summed E-state index contributed by atoms with van der Waals surface area (Å²) in [6, 6.07) is 8.88. The van der Waals surface area contributed by atoms with Crippen LogP contribution in [0, 0.1) is 0 Å². The van der Waals surface area contributed by atoms with E-state index in [0.29, 0.717) is 23.6 Å². The molecule has 0 aliphatic carbocycles. The van der Waals surface area contributed by atoms with Crippen LogP contribution in [-0.4, -0.2) is 38.8 Å². The largest absolute Gasteiger partial charge is 0.392 e. The molecule has 0 bridgehead atoms. The van der Waals surface area contributed by atoms with Gasteiger partial charge in [-0.3, -0.25) is 9.89 Å². The molecule has 3 rings (SSSR count). The molecule has 0 aliphatic heterocycles. The van der Waals surface area contributed by atoms with Gasteiger partial charge in [-0.2, -0.15) is 5.10 Å². The van der Waals surface area contributed by atoms with Crippen LogP contribution in [0.15, 0.2) is 42.7 Å². The zero-order valence-corrected chi connectivity index (χ0v) is 12.6. The zero-order chi connectivity index (χ0) is 16.2. The number of aromatic nitrogens is 3. The Morgan fingerprint density at radius 3 is 3.09 bits per heavy atom. The molecule has 4 N–H and O–H groups in total. The van der Waals surface area contributed by atoms with Crippen molar-refractivity contribution in [2.45, 2.75) is 13.0 Å². The van der Waals surface area contributed by atoms with Crippen molar-refractivity contribution in [2.75, 3.05) is 17.2 Å². The van der Waals surface area contributed by atoms with Crippen molar-refractivity contribution in [3.05, 3.63) is 48.3 Å². The van der Waals surface area contributed by atoms with Gasteiger partial charge in [-0.1, -0.05) is 0 Å². The van der Waals surface area contributed by atoms with E-state index < -0.39 is 6.10 Å². The number of aromatic amines is 1. The van der Waals surface area contributed by atoms with Gasteiger partial charge in [0.05, 0.1) is 23.4 Å². The molecule has 0 radical (unpaired) electrons. The van der Waals surface area contributed by atoms with Crippen LogP contribution < -0.4 is 10.6 Å². The van der Waals surface area contributed by atoms with Gasteiger partial charge in [0.15, 0.2) is 0 Å². The normalized spacial score (nSPS) is 12.1. The van der Waals surface area contributed by atoms with E-state index in [4.69, 9.17) is 0 Å². The second-order valence-corrected chi connectivity index (χ2v) is 5.26. The van der Waals surface area contributed by atoms with Crippen LogP contribution >= 0.6 is 0 Å². The third-order valence-electron chi connectivity index (χ3n) is 3.32. The minimum atomic E-state index is -0.531. The zero-order valence-electron chi connectivity index (χ0n) is 12.6. The molecule has 1 amide bonds. The molecule has 0 aliphatic rings. The maximum absolute atomic E-state index is 12.5. The number of hydrogen-bond donors (Lipinski definition) is 4. The Morgan fingerprint density at radius 1 is 1.39 bits per heavy atom. The quantitative estimate of drug-likeness (QED) is 0.577. The lowest BCUT2D eigenvalue weighted by Crippen LogP contribution is -2.20. The highest BCUT2D eigenvalue weighted by atomic mass is 16.3. The fraction of sp³-hybridized carbons (Fsp3) is 0.188. The molecule has 0 spiro atoms. The maximum atomic E-state index is 12.5. The number of carbonyl (C=O) groups is 1. The van der Waals surface area contributed by atoms with Gasteiger partial charge in [-0.05, 0) is 37.3 Å². The summed E-state index contributed by atoms with van der Waals surface area (Å²) in [4.78, 5) is 16.6. The summed E-state index contributed by atoms with van der Waals surface area (Å²) in [7, 11) is 0. The van der Waals surface area contributed by atoms with E-state index in [0.717, 1.165) is 10.9 Å². The van der Waals surface area contributed by atoms with Crippen LogP contribution in [0.1, 0.15) is 17.3 Å². The second kappa shape index (κ2) is 6.45. The van der Waals surface area contributed by atoms with Crippen molar-refractivity contribution in [3.8, 4) is 0 Å². The fourth-order valence-electron chi connectivity index (χ4n) is 2.19. The summed E-state index contributed by atoms with van der Waals surface area (Å²) < 4.78 is 0. The van der Waals surface area contributed by atoms with E-state index in [-0.39, 0.29) is 5.91 Å². The predicted octanol–water partition coefficient (Wildman–Crippen LogP) is 2.00. The third kappa shape index (κ3) is 3.46. The van der Waals surface area contributed by atoms with Gasteiger partial charge in [-0.25, -0.2) is 4.98 Å². The van der Waals surface area contributed by atoms with Crippen molar-refractivity contribution < 1.29 is 9.90 Å². The van der Waals surface area contributed by atoms with Gasteiger partial charge in [0, 0.05) is 23.8 Å². The first-order valence-electron chi connectivity index (χ1n) is 7.25. The number of anilines is 2. The van der Waals surface area contributed by atoms with Crippen LogP contribution in [0.3, 0.4) is 0 Å². The molecule has 0 unspecified atom stereocenters. The van der Waals surface area contributed by atoms with Gasteiger partial charge in [0.2, 0.25) is 0 Å². The standard InChI is InChI=1S/C16H17N5O2/c1-10(22)8-18-15-13(3-2-6-17-15)16(23)20-12-4-5-14-11(7-12)9-19-21-14/h2-7,9-10,22H,8H2,1H3,(H,17,18)(H,19,21)(H,20,23)/t10-/m0/s1. The van der Waals surface area contributed by atoms with Gasteiger partial charge in [0.25, 0.3) is 5.91 Å². The number of aliphatic hydroxyl groups excluding tert-OH is 1. The molecule has 118 valence electrons. The Hall–Kier alpha value is -2.93. The van der Waals surface area contributed by atoms with Crippen molar-refractivity contribution >= 4 is 28.3 Å². The molecule has 2 aromatic heterocycles. The molecule has 3 aromatic rings. The smallest absolute Gasteiger partial charge is 0.259 e. The topological polar surface area (TPSA) is 103 Å². The molecule has 2 heterocycles. The summed E-state index contributed by atoms with van der Waals surface area (Å²) in [5.41, 5.74) is 2.00. The summed E-state index contributed by atoms with van der Waals surface area (Å²) in [6.07, 6.45) is 2.76. The molecule has 23 heavy (non-hydrogen) atoms. The summed E-state index contributed by atoms with van der Waals surface area (Å²) in [5.74, 6) is 0.171. The molecular weight excluding hydrogens is 294 g/mol. The number of benzene rings is 1. The second-order valence-electron chi connectivity index (χ2n) is 5.26. The van der Waals surface area contributed by atoms with Crippen molar-refractivity contribution in [1.82, 2.24) is 15.2 Å². The molecule has 0 saturated carbocycles. The number of nitrogens with one attached hydrogen (secondary N) is 3. The average molecular weight is 311 g/mol. The van der Waals surface area contributed by atoms with Crippen LogP contribution in [0.25, 0.3) is 10.9 Å². The maximum Gasteiger partial charge on any atom is 0.259 e. The molecule has 7 nitrogen and oxygen atoms in total. The van der Waals surface area contributed by atoms with E-state index >= 15 is 0 Å². The predicted molar refractivity (Wildman–Crippen MR) is 88.5 cm³/mol. The highest BCUT2D eigenvalue weighted by molar-refractivity contribution is 6.08. The molecular formula is C16H17N5O2. The van der Waals surface area contributed by atoms with Gasteiger partial charge < -0.3 is 15.7 Å². The first kappa shape index (κ1) is 15.0. The molecule has 1 atom stereocenters. The number of amides is 1. The minimum absolute atomic E-state index is 0.269. The molecule has 7 heteroatoms. The van der Waals surface area contributed by atoms with Crippen LogP contribution in [0.4, 0.5) is 11.5 Å². The van der Waals surface area contributed by atoms with Crippen molar-refractivity contribution in [3.63, 3.8) is 0 Å². The van der Waals surface area contributed by atoms with Crippen LogP contribution in [0.5, 0.6) is 0 Å². The van der Waals surface area contributed by atoms with E-state index in [9.17, 15) is 9.90 Å². The number of rotatable bonds is 5. The first-order valence-corrected chi connectivity index (χ1v) is 7.25. The lowest BCUT2D eigenvalue weighted by molar-refractivity contribution is 0.102. The van der Waals surface area contributed by atoms with E-state index in [1.807, 2.05) is 12.1 Å². The number of fused-ring (bicyclic) bond motifs is 1. The third-order valence-corrected chi connectivity index (χ3v) is 3.32. The Bertz CT molecular complexity index is 828. The fourth-order valence-corrected chi connectivity index (χ4v) is 2.19. The molecule has 0 saturated heterocycles. The number of aliphatic hydroxyl groups is 1. The number of H-pyrrole nitrogens is 1. The summed E-state index contributed by atoms with van der Waals surface area (Å²) in [5, 5.41) is 22.9. The lowest BCUT2D eigenvalue weighted by atomic mass is 10.2. The van der Waals surface area contributed by atoms with E-state index in [1.54, 1.807) is 37.5 Å². The molecule has 1 aromatic carbocycles. The Labute approximate surface area is 132 Å². The van der Waals surface area contributed by atoms with Crippen LogP contribution in [0.2, 0.25) is 0 Å². The number of hydrogen-bond acceptors (Lipinski definition) is 5. The SMILES string of the molecule is C[C@H](O)CNc1ncccc1C(=O)Nc1ccc2[nH]ncc2c1. The van der Waals surface area contributed by atoms with Gasteiger partial charge >= 0.3 is 0 Å². The average Bonchev–Trinajstić information content (AvgIpc) is 3.00. The van der Waals surface area contributed by atoms with Gasteiger partial charge in [0.1, 0.15) is 5.82 Å². The van der Waals surface area contributed by atoms with Crippen LogP contribution in [-0.2, 0) is 0 Å². The summed E-state index contributed by atoms with van der Waals surface area (Å²) >= 11 is 0. The Kier molecular flexibility index (Phi) is 4.20. The van der Waals surface area contributed by atoms with Gasteiger partial charge in [-0.15, -0.1) is 0 Å². The monoisotopic (exact) mass is 311 g/mol. The van der Waals surface area contributed by atoms with E-state index in [2.05, 4.69) is 25.8 Å². The Balaban J connectivity index is 1.79. The highest BCUT2D eigenvalue weighted by Crippen LogP contribution is 2.19. The van der Waals surface area contributed by atoms with Crippen molar-refractivity contribution in [2.24, 2.45) is 0 Å².